The third-order valence-electron chi connectivity index (χ3n) is 9.18. The summed E-state index contributed by atoms with van der Waals surface area (Å²) >= 11 is 1.70. The quantitative estimate of drug-likeness (QED) is 0.108. The van der Waals surface area contributed by atoms with E-state index in [-0.39, 0.29) is 18.9 Å². The van der Waals surface area contributed by atoms with Crippen molar-refractivity contribution in [2.75, 3.05) is 0 Å². The number of benzene rings is 2. The third kappa shape index (κ3) is 7.02. The van der Waals surface area contributed by atoms with Crippen molar-refractivity contribution in [2.24, 2.45) is 24.8 Å². The van der Waals surface area contributed by atoms with Crippen LogP contribution >= 0.6 is 11.3 Å². The smallest absolute Gasteiger partial charge is 0.309 e. The maximum atomic E-state index is 13.1. The van der Waals surface area contributed by atoms with Gasteiger partial charge < -0.3 is 9.30 Å². The summed E-state index contributed by atoms with van der Waals surface area (Å²) < 4.78 is 8.36. The molecule has 2 fully saturated rings. The van der Waals surface area contributed by atoms with Crippen LogP contribution in [0.3, 0.4) is 0 Å². The molecule has 4 atom stereocenters. The Labute approximate surface area is 267 Å². The zero-order valence-electron chi connectivity index (χ0n) is 26.4. The first kappa shape index (κ1) is 30.4. The van der Waals surface area contributed by atoms with Crippen LogP contribution in [-0.4, -0.2) is 16.1 Å². The van der Waals surface area contributed by atoms with Gasteiger partial charge in [0.25, 0.3) is 5.56 Å². The number of hydrogen-bond acceptors (Lipinski definition) is 4. The molecule has 2 aliphatic carbocycles. The minimum Gasteiger partial charge on any atom is -0.460 e. The first-order valence-electron chi connectivity index (χ1n) is 16.1. The van der Waals surface area contributed by atoms with Gasteiger partial charge in [-0.15, -0.1) is 17.3 Å². The molecule has 0 bridgehead atoms. The molecule has 0 spiro atoms. The Kier molecular flexibility index (Phi) is 8.83. The van der Waals surface area contributed by atoms with E-state index in [0.717, 1.165) is 59.1 Å². The van der Waals surface area contributed by atoms with Crippen molar-refractivity contribution in [3.8, 4) is 23.0 Å². The molecule has 2 aromatic heterocycles. The van der Waals surface area contributed by atoms with Gasteiger partial charge in [-0.1, -0.05) is 60.5 Å². The van der Waals surface area contributed by atoms with Gasteiger partial charge >= 0.3 is 5.97 Å². The number of aromatic nitrogens is 1. The highest BCUT2D eigenvalue weighted by Gasteiger charge is 2.39. The second kappa shape index (κ2) is 12.8. The lowest BCUT2D eigenvalue weighted by Crippen LogP contribution is -2.38. The van der Waals surface area contributed by atoms with E-state index in [9.17, 15) is 9.59 Å². The summed E-state index contributed by atoms with van der Waals surface area (Å²) in [5.41, 5.74) is 4.72. The second-order valence-electron chi connectivity index (χ2n) is 13.7. The zero-order valence-corrected chi connectivity index (χ0v) is 27.2. The molecule has 4 nitrogen and oxygen atoms in total. The van der Waals surface area contributed by atoms with Crippen molar-refractivity contribution in [1.82, 2.24) is 4.57 Å². The molecule has 6 rings (SSSR count). The van der Waals surface area contributed by atoms with Crippen molar-refractivity contribution < 1.29 is 11.0 Å². The van der Waals surface area contributed by atoms with E-state index in [2.05, 4.69) is 66.4 Å². The molecule has 0 amide bonds. The topological polar surface area (TPSA) is 48.3 Å². The highest BCUT2D eigenvalue weighted by Crippen LogP contribution is 2.50. The fourth-order valence-electron chi connectivity index (χ4n) is 6.62. The SMILES string of the molecule is Cn1cc(-c2cccc(C3CC3Cc3ccccc3)c2)c2sc(CC#CCCCC3CCC3C(=O)OC(C)(C)C)cc2c1=O.[HH]. The maximum Gasteiger partial charge on any atom is 0.309 e. The predicted molar refractivity (Wildman–Crippen MR) is 183 cm³/mol. The number of nitrogens with zero attached hydrogens (tertiary/aromatic N) is 1. The van der Waals surface area contributed by atoms with Crippen molar-refractivity contribution in [1.29, 1.82) is 0 Å². The summed E-state index contributed by atoms with van der Waals surface area (Å²) in [6.45, 7) is 5.79. The maximum absolute atomic E-state index is 13.1. The molecule has 4 unspecified atom stereocenters. The van der Waals surface area contributed by atoms with Gasteiger partial charge in [0.2, 0.25) is 0 Å². The van der Waals surface area contributed by atoms with E-state index in [4.69, 9.17) is 4.74 Å². The van der Waals surface area contributed by atoms with Crippen LogP contribution in [0.25, 0.3) is 21.2 Å². The van der Waals surface area contributed by atoms with E-state index in [0.29, 0.717) is 24.2 Å². The molecule has 2 heterocycles. The normalized spacial score (nSPS) is 20.9. The number of carbonyl (C=O) groups excluding carboxylic acids is 1. The fourth-order valence-corrected chi connectivity index (χ4v) is 7.74. The molecule has 230 valence electrons. The molecule has 0 N–H and O–H groups in total. The number of rotatable bonds is 9. The molecule has 2 aliphatic rings. The van der Waals surface area contributed by atoms with E-state index in [1.54, 1.807) is 15.9 Å². The average Bonchev–Trinajstić information content (AvgIpc) is 3.60. The number of pyridine rings is 1. The fraction of sp³-hybridized carbons (Fsp3) is 0.436. The van der Waals surface area contributed by atoms with Crippen molar-refractivity contribution in [3.63, 3.8) is 0 Å². The molecule has 0 aliphatic heterocycles. The first-order valence-corrected chi connectivity index (χ1v) is 16.9. The Morgan fingerprint density at radius 3 is 2.61 bits per heavy atom. The molecule has 5 heteroatoms. The number of esters is 1. The van der Waals surface area contributed by atoms with Crippen LogP contribution in [0.5, 0.6) is 0 Å². The first-order chi connectivity index (χ1) is 21.2. The van der Waals surface area contributed by atoms with Gasteiger partial charge in [-0.3, -0.25) is 9.59 Å². The van der Waals surface area contributed by atoms with Crippen molar-refractivity contribution >= 4 is 27.4 Å². The molecular formula is C39H45NO3S. The van der Waals surface area contributed by atoms with Crippen LogP contribution in [0.1, 0.15) is 82.6 Å². The standard InChI is InChI=1S/C39H43NO3S.H2/c1-39(2,3)43-38(42)32-20-19-27(32)15-10-5-6-11-18-31-24-34-36(44-31)35(25-40(4)37(34)41)29-17-12-16-28(22-29)33-23-30(33)21-26-13-8-7-9-14-26;/h7-9,12-14,16-17,22,24-25,27,30,32-33H,5,10,15,18-21,23H2,1-4H3;1H. The summed E-state index contributed by atoms with van der Waals surface area (Å²) in [6.07, 6.45) is 9.90. The summed E-state index contributed by atoms with van der Waals surface area (Å²) in [5.74, 6) is 8.42. The van der Waals surface area contributed by atoms with Gasteiger partial charge in [0.1, 0.15) is 5.60 Å². The molecular weight excluding hydrogens is 563 g/mol. The predicted octanol–water partition coefficient (Wildman–Crippen LogP) is 8.94. The van der Waals surface area contributed by atoms with Crippen LogP contribution < -0.4 is 5.56 Å². The van der Waals surface area contributed by atoms with Crippen LogP contribution in [0, 0.1) is 29.6 Å². The molecule has 2 saturated carbocycles. The number of thiophene rings is 1. The number of carbonyl (C=O) groups is 1. The minimum absolute atomic E-state index is 0. The Morgan fingerprint density at radius 1 is 1.05 bits per heavy atom. The number of hydrogen-bond donors (Lipinski definition) is 0. The molecule has 4 aromatic rings. The van der Waals surface area contributed by atoms with E-state index in [1.807, 2.05) is 40.1 Å². The summed E-state index contributed by atoms with van der Waals surface area (Å²) in [6, 6.07) is 21.8. The zero-order chi connectivity index (χ0) is 30.8. The van der Waals surface area contributed by atoms with Gasteiger partial charge in [0.15, 0.2) is 0 Å². The summed E-state index contributed by atoms with van der Waals surface area (Å²) in [4.78, 5) is 26.6. The highest BCUT2D eigenvalue weighted by molar-refractivity contribution is 7.19. The molecule has 0 radical (unpaired) electrons. The van der Waals surface area contributed by atoms with Crippen LogP contribution in [0.2, 0.25) is 0 Å². The summed E-state index contributed by atoms with van der Waals surface area (Å²) in [7, 11) is 1.85. The molecule has 44 heavy (non-hydrogen) atoms. The minimum atomic E-state index is -0.423. The summed E-state index contributed by atoms with van der Waals surface area (Å²) in [5, 5.41) is 0.781. The number of unbranched alkanes of at least 4 members (excludes halogenated alkanes) is 1. The lowest BCUT2D eigenvalue weighted by atomic mass is 9.71. The third-order valence-corrected chi connectivity index (χ3v) is 10.3. The van der Waals surface area contributed by atoms with Gasteiger partial charge in [-0.25, -0.2) is 0 Å². The second-order valence-corrected chi connectivity index (χ2v) is 14.9. The monoisotopic (exact) mass is 607 g/mol. The average molecular weight is 608 g/mol. The van der Waals surface area contributed by atoms with Gasteiger partial charge in [-0.05, 0) is 99.8 Å². The highest BCUT2D eigenvalue weighted by atomic mass is 32.1. The Morgan fingerprint density at radius 2 is 1.86 bits per heavy atom. The Hall–Kier alpha value is -3.62. The molecule has 2 aromatic carbocycles. The van der Waals surface area contributed by atoms with Crippen molar-refractivity contribution in [3.05, 3.63) is 93.2 Å². The van der Waals surface area contributed by atoms with Crippen molar-refractivity contribution in [2.45, 2.75) is 83.7 Å². The Balaban J connectivity index is 0.00000400. The lowest BCUT2D eigenvalue weighted by molar-refractivity contribution is -0.166. The number of fused-ring (bicyclic) bond motifs is 1. The van der Waals surface area contributed by atoms with E-state index in [1.165, 1.54) is 23.1 Å². The van der Waals surface area contributed by atoms with E-state index < -0.39 is 5.60 Å². The van der Waals surface area contributed by atoms with Crippen LogP contribution in [-0.2, 0) is 29.4 Å². The lowest BCUT2D eigenvalue weighted by Gasteiger charge is -2.36. The van der Waals surface area contributed by atoms with E-state index >= 15 is 0 Å². The van der Waals surface area contributed by atoms with Gasteiger partial charge in [0.05, 0.1) is 11.3 Å². The molecule has 0 saturated heterocycles. The van der Waals surface area contributed by atoms with Gasteiger partial charge in [0, 0.05) is 42.7 Å². The number of aryl methyl sites for hydroxylation is 1. The van der Waals surface area contributed by atoms with Crippen LogP contribution in [0.4, 0.5) is 0 Å². The van der Waals surface area contributed by atoms with Gasteiger partial charge in [-0.2, -0.15) is 0 Å². The number of ether oxygens (including phenoxy) is 1. The van der Waals surface area contributed by atoms with Crippen LogP contribution in [0.15, 0.2) is 71.7 Å². The Bertz CT molecular complexity index is 1770. The largest absolute Gasteiger partial charge is 0.460 e.